The topological polar surface area (TPSA) is 21.3 Å². The van der Waals surface area contributed by atoms with Crippen LogP contribution in [0.15, 0.2) is 18.2 Å². The first-order valence-corrected chi connectivity index (χ1v) is 7.55. The number of methoxy groups -OCH3 is 1. The van der Waals surface area contributed by atoms with Crippen molar-refractivity contribution in [2.24, 2.45) is 5.92 Å². The molecule has 19 heavy (non-hydrogen) atoms. The van der Waals surface area contributed by atoms with Gasteiger partial charge in [0.05, 0.1) is 7.11 Å². The average Bonchev–Trinajstić information content (AvgIpc) is 2.65. The summed E-state index contributed by atoms with van der Waals surface area (Å²) in [6.45, 7) is 3.36. The van der Waals surface area contributed by atoms with Gasteiger partial charge in [0.1, 0.15) is 5.75 Å². The van der Waals surface area contributed by atoms with Crippen LogP contribution >= 0.6 is 0 Å². The van der Waals surface area contributed by atoms with Crippen molar-refractivity contribution < 1.29 is 4.74 Å². The molecular weight excluding hydrogens is 234 g/mol. The third kappa shape index (κ3) is 3.50. The number of aryl methyl sites for hydroxylation is 1. The van der Waals surface area contributed by atoms with Gasteiger partial charge in [0.2, 0.25) is 0 Å². The lowest BCUT2D eigenvalue weighted by Crippen LogP contribution is -2.24. The standard InChI is InChI=1S/C17H27NO/c1-13-11-15(19-3)9-10-16(13)17-8-6-4-5-7-14(17)12-18-2/h9-11,14,17-18H,4-8,12H2,1-3H3. The van der Waals surface area contributed by atoms with E-state index in [0.29, 0.717) is 5.92 Å². The molecule has 1 aliphatic rings. The van der Waals surface area contributed by atoms with Crippen molar-refractivity contribution in [2.45, 2.75) is 44.9 Å². The van der Waals surface area contributed by atoms with Gasteiger partial charge in [-0.2, -0.15) is 0 Å². The largest absolute Gasteiger partial charge is 0.497 e. The lowest BCUT2D eigenvalue weighted by Gasteiger charge is -2.27. The van der Waals surface area contributed by atoms with Gasteiger partial charge >= 0.3 is 0 Å². The minimum absolute atomic E-state index is 0.709. The molecule has 1 saturated carbocycles. The van der Waals surface area contributed by atoms with Gasteiger partial charge in [-0.25, -0.2) is 0 Å². The van der Waals surface area contributed by atoms with Crippen molar-refractivity contribution in [3.63, 3.8) is 0 Å². The van der Waals surface area contributed by atoms with Crippen LogP contribution in [0.4, 0.5) is 0 Å². The third-order valence-electron chi connectivity index (χ3n) is 4.50. The van der Waals surface area contributed by atoms with Crippen LogP contribution < -0.4 is 10.1 Å². The van der Waals surface area contributed by atoms with Gasteiger partial charge in [-0.05, 0) is 68.5 Å². The molecule has 1 aromatic rings. The maximum Gasteiger partial charge on any atom is 0.119 e. The molecule has 0 aromatic heterocycles. The first kappa shape index (κ1) is 14.4. The monoisotopic (exact) mass is 261 g/mol. The van der Waals surface area contributed by atoms with Crippen molar-refractivity contribution in [1.82, 2.24) is 5.32 Å². The fourth-order valence-electron chi connectivity index (χ4n) is 3.49. The van der Waals surface area contributed by atoms with Gasteiger partial charge < -0.3 is 10.1 Å². The highest BCUT2D eigenvalue weighted by Gasteiger charge is 2.25. The van der Waals surface area contributed by atoms with Crippen LogP contribution in [0.5, 0.6) is 5.75 Å². The first-order valence-electron chi connectivity index (χ1n) is 7.55. The highest BCUT2D eigenvalue weighted by Crippen LogP contribution is 2.38. The molecule has 0 bridgehead atoms. The predicted molar refractivity (Wildman–Crippen MR) is 81.0 cm³/mol. The molecule has 0 heterocycles. The van der Waals surface area contributed by atoms with Crippen LogP contribution in [0.3, 0.4) is 0 Å². The zero-order chi connectivity index (χ0) is 13.7. The van der Waals surface area contributed by atoms with E-state index in [2.05, 4.69) is 37.5 Å². The normalized spacial score (nSPS) is 23.9. The van der Waals surface area contributed by atoms with Crippen LogP contribution in [0.2, 0.25) is 0 Å². The zero-order valence-electron chi connectivity index (χ0n) is 12.5. The molecule has 1 fully saturated rings. The van der Waals surface area contributed by atoms with E-state index in [1.54, 1.807) is 7.11 Å². The van der Waals surface area contributed by atoms with Crippen molar-refractivity contribution >= 4 is 0 Å². The van der Waals surface area contributed by atoms with Crippen LogP contribution in [0.1, 0.15) is 49.1 Å². The number of nitrogens with one attached hydrogen (secondary N) is 1. The molecule has 0 amide bonds. The number of ether oxygens (including phenoxy) is 1. The van der Waals surface area contributed by atoms with Gasteiger partial charge in [0.15, 0.2) is 0 Å². The molecule has 2 atom stereocenters. The zero-order valence-corrected chi connectivity index (χ0v) is 12.5. The lowest BCUT2D eigenvalue weighted by molar-refractivity contribution is 0.383. The van der Waals surface area contributed by atoms with Gasteiger partial charge in [-0.1, -0.05) is 25.3 Å². The average molecular weight is 261 g/mol. The minimum atomic E-state index is 0.709. The molecule has 0 spiro atoms. The molecule has 2 heteroatoms. The van der Waals surface area contributed by atoms with Gasteiger partial charge in [0, 0.05) is 0 Å². The molecule has 1 aromatic carbocycles. The second kappa shape index (κ2) is 6.95. The maximum atomic E-state index is 5.32. The smallest absolute Gasteiger partial charge is 0.119 e. The summed E-state index contributed by atoms with van der Waals surface area (Å²) in [5.41, 5.74) is 2.91. The molecule has 106 valence electrons. The Bertz CT molecular complexity index is 402. The van der Waals surface area contributed by atoms with Crippen LogP contribution in [-0.2, 0) is 0 Å². The SMILES string of the molecule is CNCC1CCCCCC1c1ccc(OC)cc1C. The molecule has 2 unspecified atom stereocenters. The van der Waals surface area contributed by atoms with Gasteiger partial charge in [0.25, 0.3) is 0 Å². The molecule has 1 N–H and O–H groups in total. The summed E-state index contributed by atoms with van der Waals surface area (Å²) >= 11 is 0. The van der Waals surface area contributed by atoms with E-state index < -0.39 is 0 Å². The third-order valence-corrected chi connectivity index (χ3v) is 4.50. The highest BCUT2D eigenvalue weighted by molar-refractivity contribution is 5.37. The lowest BCUT2D eigenvalue weighted by atomic mass is 9.80. The quantitative estimate of drug-likeness (QED) is 0.830. The van der Waals surface area contributed by atoms with E-state index in [-0.39, 0.29) is 0 Å². The summed E-state index contributed by atoms with van der Waals surface area (Å²) in [5, 5.41) is 3.38. The summed E-state index contributed by atoms with van der Waals surface area (Å²) < 4.78 is 5.32. The van der Waals surface area contributed by atoms with E-state index in [9.17, 15) is 0 Å². The Labute approximate surface area is 117 Å². The number of hydrogen-bond acceptors (Lipinski definition) is 2. The van der Waals surface area contributed by atoms with E-state index >= 15 is 0 Å². The van der Waals surface area contributed by atoms with Crippen LogP contribution in [0.25, 0.3) is 0 Å². The molecule has 0 aliphatic heterocycles. The predicted octanol–water partition coefficient (Wildman–Crippen LogP) is 3.89. The summed E-state index contributed by atoms with van der Waals surface area (Å²) in [4.78, 5) is 0. The second-order valence-electron chi connectivity index (χ2n) is 5.78. The van der Waals surface area contributed by atoms with Gasteiger partial charge in [-0.3, -0.25) is 0 Å². The Hall–Kier alpha value is -1.02. The summed E-state index contributed by atoms with van der Waals surface area (Å²) in [6.07, 6.45) is 6.84. The fraction of sp³-hybridized carbons (Fsp3) is 0.647. The fourth-order valence-corrected chi connectivity index (χ4v) is 3.49. The number of benzene rings is 1. The highest BCUT2D eigenvalue weighted by atomic mass is 16.5. The van der Waals surface area contributed by atoms with Gasteiger partial charge in [-0.15, -0.1) is 0 Å². The first-order chi connectivity index (χ1) is 9.26. The van der Waals surface area contributed by atoms with Crippen LogP contribution in [-0.4, -0.2) is 20.7 Å². The Morgan fingerprint density at radius 2 is 2.00 bits per heavy atom. The molecule has 0 saturated heterocycles. The van der Waals surface area contributed by atoms with Crippen LogP contribution in [0, 0.1) is 12.8 Å². The Balaban J connectivity index is 2.25. The van der Waals surface area contributed by atoms with Crippen molar-refractivity contribution in [3.05, 3.63) is 29.3 Å². The Morgan fingerprint density at radius 3 is 2.68 bits per heavy atom. The van der Waals surface area contributed by atoms with E-state index in [4.69, 9.17) is 4.74 Å². The maximum absolute atomic E-state index is 5.32. The molecule has 2 rings (SSSR count). The molecule has 2 nitrogen and oxygen atoms in total. The minimum Gasteiger partial charge on any atom is -0.497 e. The van der Waals surface area contributed by atoms with Crippen molar-refractivity contribution in [3.8, 4) is 5.75 Å². The summed E-state index contributed by atoms with van der Waals surface area (Å²) in [5.74, 6) is 2.46. The molecule has 0 radical (unpaired) electrons. The molecule has 1 aliphatic carbocycles. The summed E-state index contributed by atoms with van der Waals surface area (Å²) in [6, 6.07) is 6.58. The number of hydrogen-bond donors (Lipinski definition) is 1. The molecular formula is C17H27NO. The van der Waals surface area contributed by atoms with E-state index in [0.717, 1.165) is 18.2 Å². The number of rotatable bonds is 4. The van der Waals surface area contributed by atoms with E-state index in [1.807, 2.05) is 0 Å². The Kier molecular flexibility index (Phi) is 5.26. The Morgan fingerprint density at radius 1 is 1.21 bits per heavy atom. The van der Waals surface area contributed by atoms with E-state index in [1.165, 1.54) is 43.2 Å². The second-order valence-corrected chi connectivity index (χ2v) is 5.78. The van der Waals surface area contributed by atoms with Crippen molar-refractivity contribution in [2.75, 3.05) is 20.7 Å². The van der Waals surface area contributed by atoms with Crippen molar-refractivity contribution in [1.29, 1.82) is 0 Å². The summed E-state index contributed by atoms with van der Waals surface area (Å²) in [7, 11) is 3.81.